The standard InChI is InChI=1S/C39H47F2N7O3/c1-50-37-23-34(42)27(19-35(37)45-39(49)33-25-51-36-3-2-11-43-38(33)36)24-44-30-4-6-31(7-5-30)48-17-15-46(16-18-48)12-8-26-9-13-47(14-10-26)32-21-28(40)20-29(41)22-32/h2-3,11,19-26,30-31H,4-10,12-18,42H2,1H3,(H,45,49). The first-order valence-electron chi connectivity index (χ1n) is 18.1. The summed E-state index contributed by atoms with van der Waals surface area (Å²) >= 11 is 0. The van der Waals surface area contributed by atoms with Gasteiger partial charge in [-0.05, 0) is 87.7 Å². The Hall–Kier alpha value is -4.55. The molecule has 12 heteroatoms. The zero-order valence-corrected chi connectivity index (χ0v) is 29.2. The molecule has 3 N–H and O–H groups in total. The normalized spacial score (nSPS) is 21.0. The van der Waals surface area contributed by atoms with E-state index in [9.17, 15) is 13.6 Å². The van der Waals surface area contributed by atoms with Crippen molar-refractivity contribution >= 4 is 40.3 Å². The van der Waals surface area contributed by atoms with Crippen LogP contribution in [0.1, 0.15) is 60.9 Å². The molecule has 7 rings (SSSR count). The van der Waals surface area contributed by atoms with Gasteiger partial charge in [0.15, 0.2) is 5.58 Å². The Morgan fingerprint density at radius 2 is 1.76 bits per heavy atom. The molecule has 1 aliphatic carbocycles. The van der Waals surface area contributed by atoms with Crippen LogP contribution in [0.5, 0.6) is 5.75 Å². The maximum Gasteiger partial charge on any atom is 0.261 e. The first-order chi connectivity index (χ1) is 24.8. The minimum absolute atomic E-state index is 0.233. The number of nitrogens with one attached hydrogen (secondary N) is 1. The van der Waals surface area contributed by atoms with Crippen molar-refractivity contribution in [1.82, 2.24) is 14.8 Å². The number of benzene rings is 2. The van der Waals surface area contributed by atoms with E-state index in [0.29, 0.717) is 51.4 Å². The molecule has 10 nitrogen and oxygen atoms in total. The minimum Gasteiger partial charge on any atom is -0.494 e. The van der Waals surface area contributed by atoms with Crippen molar-refractivity contribution in [1.29, 1.82) is 0 Å². The number of nitrogens with zero attached hydrogens (tertiary/aromatic N) is 5. The van der Waals surface area contributed by atoms with E-state index in [2.05, 4.69) is 25.0 Å². The lowest BCUT2D eigenvalue weighted by Crippen LogP contribution is -2.51. The summed E-state index contributed by atoms with van der Waals surface area (Å²) in [5, 5.41) is 2.93. The minimum atomic E-state index is -0.513. The molecular formula is C39H47F2N7O3. The highest BCUT2D eigenvalue weighted by Crippen LogP contribution is 2.32. The van der Waals surface area contributed by atoms with E-state index in [1.165, 1.54) is 24.8 Å². The first kappa shape index (κ1) is 34.9. The topological polar surface area (TPSA) is 112 Å². The zero-order valence-electron chi connectivity index (χ0n) is 29.2. The van der Waals surface area contributed by atoms with Crippen LogP contribution in [0.3, 0.4) is 0 Å². The van der Waals surface area contributed by atoms with E-state index >= 15 is 0 Å². The van der Waals surface area contributed by atoms with E-state index < -0.39 is 11.6 Å². The fourth-order valence-electron chi connectivity index (χ4n) is 7.88. The van der Waals surface area contributed by atoms with Crippen molar-refractivity contribution < 1.29 is 22.7 Å². The van der Waals surface area contributed by atoms with E-state index in [1.807, 2.05) is 6.21 Å². The molecule has 1 saturated carbocycles. The number of fused-ring (bicyclic) bond motifs is 1. The fourth-order valence-corrected chi connectivity index (χ4v) is 7.88. The number of aliphatic imine (C=N–C) groups is 1. The molecule has 0 atom stereocenters. The van der Waals surface area contributed by atoms with E-state index in [1.54, 1.807) is 37.6 Å². The predicted molar refractivity (Wildman–Crippen MR) is 197 cm³/mol. The first-order valence-corrected chi connectivity index (χ1v) is 18.1. The molecule has 0 bridgehead atoms. The number of amides is 1. The van der Waals surface area contributed by atoms with Crippen molar-refractivity contribution in [3.8, 4) is 5.75 Å². The third kappa shape index (κ3) is 8.34. The van der Waals surface area contributed by atoms with Gasteiger partial charge in [-0.2, -0.15) is 0 Å². The van der Waals surface area contributed by atoms with Crippen LogP contribution in [0, 0.1) is 17.6 Å². The third-order valence-electron chi connectivity index (χ3n) is 10.9. The molecule has 0 unspecified atom stereocenters. The smallest absolute Gasteiger partial charge is 0.261 e. The molecule has 1 amide bonds. The molecule has 3 fully saturated rings. The van der Waals surface area contributed by atoms with Gasteiger partial charge in [0, 0.05) is 86.8 Å². The van der Waals surface area contributed by atoms with Crippen LogP contribution in [-0.4, -0.2) is 91.9 Å². The predicted octanol–water partition coefficient (Wildman–Crippen LogP) is 6.60. The second kappa shape index (κ2) is 15.8. The Kier molecular flexibility index (Phi) is 10.8. The molecule has 0 spiro atoms. The van der Waals surface area contributed by atoms with Gasteiger partial charge < -0.3 is 30.0 Å². The monoisotopic (exact) mass is 699 g/mol. The van der Waals surface area contributed by atoms with Crippen molar-refractivity contribution in [3.05, 3.63) is 77.7 Å². The van der Waals surface area contributed by atoms with Crippen LogP contribution in [0.15, 0.2) is 64.3 Å². The Morgan fingerprint density at radius 1 is 1.02 bits per heavy atom. The highest BCUT2D eigenvalue weighted by molar-refractivity contribution is 6.12. The number of carbonyl (C=O) groups is 1. The molecule has 4 heterocycles. The average molecular weight is 700 g/mol. The second-order valence-electron chi connectivity index (χ2n) is 14.1. The van der Waals surface area contributed by atoms with Crippen molar-refractivity contribution in [2.45, 2.75) is 57.0 Å². The molecule has 2 saturated heterocycles. The van der Waals surface area contributed by atoms with Gasteiger partial charge in [-0.15, -0.1) is 0 Å². The molecule has 4 aromatic rings. The summed E-state index contributed by atoms with van der Waals surface area (Å²) in [4.78, 5) is 29.7. The Bertz CT molecular complexity index is 1820. The van der Waals surface area contributed by atoms with Gasteiger partial charge in [0.2, 0.25) is 0 Å². The van der Waals surface area contributed by atoms with Crippen molar-refractivity contribution in [3.63, 3.8) is 0 Å². The van der Waals surface area contributed by atoms with Gasteiger partial charge in [-0.25, -0.2) is 8.78 Å². The largest absolute Gasteiger partial charge is 0.494 e. The highest BCUT2D eigenvalue weighted by Gasteiger charge is 2.29. The summed E-state index contributed by atoms with van der Waals surface area (Å²) < 4.78 is 38.4. The summed E-state index contributed by atoms with van der Waals surface area (Å²) in [6, 6.07) is 11.7. The number of nitrogens with two attached hydrogens (primary N) is 1. The summed E-state index contributed by atoms with van der Waals surface area (Å²) in [5.41, 5.74) is 10.2. The van der Waals surface area contributed by atoms with Crippen LogP contribution < -0.4 is 20.7 Å². The Balaban J connectivity index is 0.847. The molecule has 2 aromatic carbocycles. The summed E-state index contributed by atoms with van der Waals surface area (Å²) in [6.45, 7) is 7.22. The summed E-state index contributed by atoms with van der Waals surface area (Å²) in [5.74, 6) is -0.256. The number of ether oxygens (including phenoxy) is 1. The van der Waals surface area contributed by atoms with Crippen molar-refractivity contribution in [2.24, 2.45) is 10.9 Å². The Labute approximate surface area is 297 Å². The zero-order chi connectivity index (χ0) is 35.3. The van der Waals surface area contributed by atoms with Gasteiger partial charge in [0.1, 0.15) is 34.7 Å². The number of carbonyl (C=O) groups excluding carboxylic acids is 1. The van der Waals surface area contributed by atoms with Gasteiger partial charge in [-0.3, -0.25) is 19.7 Å². The van der Waals surface area contributed by atoms with Crippen LogP contribution in [0.4, 0.5) is 25.8 Å². The maximum atomic E-state index is 13.7. The number of rotatable bonds is 10. The fraction of sp³-hybridized carbons (Fsp3) is 0.462. The van der Waals surface area contributed by atoms with E-state index in [4.69, 9.17) is 19.9 Å². The number of halogens is 2. The summed E-state index contributed by atoms with van der Waals surface area (Å²) in [7, 11) is 1.54. The number of nitrogen functional groups attached to an aromatic ring is 1. The number of piperazine rings is 1. The number of furan rings is 1. The molecular weight excluding hydrogens is 652 g/mol. The third-order valence-corrected chi connectivity index (χ3v) is 10.9. The molecule has 51 heavy (non-hydrogen) atoms. The quantitative estimate of drug-likeness (QED) is 0.141. The molecule has 2 aliphatic heterocycles. The van der Waals surface area contributed by atoms with Crippen LogP contribution in [0.2, 0.25) is 0 Å². The number of aromatic nitrogens is 1. The van der Waals surface area contributed by atoms with Crippen LogP contribution in [-0.2, 0) is 0 Å². The second-order valence-corrected chi connectivity index (χ2v) is 14.1. The Morgan fingerprint density at radius 3 is 2.49 bits per heavy atom. The van der Waals surface area contributed by atoms with Gasteiger partial charge >= 0.3 is 0 Å². The average Bonchev–Trinajstić information content (AvgIpc) is 3.59. The number of methoxy groups -OCH3 is 1. The molecule has 3 aliphatic rings. The number of anilines is 3. The number of pyridine rings is 1. The van der Waals surface area contributed by atoms with Gasteiger partial charge in [0.25, 0.3) is 5.91 Å². The van der Waals surface area contributed by atoms with E-state index in [0.717, 1.165) is 96.0 Å². The lowest BCUT2D eigenvalue weighted by molar-refractivity contribution is 0.0731. The van der Waals surface area contributed by atoms with Gasteiger partial charge in [0.05, 0.1) is 18.8 Å². The summed E-state index contributed by atoms with van der Waals surface area (Å²) in [6.07, 6.45) is 12.5. The highest BCUT2D eigenvalue weighted by atomic mass is 19.1. The van der Waals surface area contributed by atoms with E-state index in [-0.39, 0.29) is 11.9 Å². The SMILES string of the molecule is COc1cc(N)c(C=NC2CCC(N3CCN(CCC4CCN(c5cc(F)cc(F)c5)CC4)CC3)CC2)cc1NC(=O)c1coc2cccnc12. The lowest BCUT2D eigenvalue weighted by Gasteiger charge is -2.42. The lowest BCUT2D eigenvalue weighted by atomic mass is 9.90. The number of piperidine rings is 1. The molecule has 2 aromatic heterocycles. The van der Waals surface area contributed by atoms with Gasteiger partial charge in [-0.1, -0.05) is 0 Å². The van der Waals surface area contributed by atoms with Crippen LogP contribution >= 0.6 is 0 Å². The number of hydrogen-bond acceptors (Lipinski definition) is 9. The molecule has 0 radical (unpaired) electrons. The number of hydrogen-bond donors (Lipinski definition) is 2. The maximum absolute atomic E-state index is 13.7. The van der Waals surface area contributed by atoms with Crippen LogP contribution in [0.25, 0.3) is 11.1 Å². The molecule has 270 valence electrons. The van der Waals surface area contributed by atoms with Crippen molar-refractivity contribution in [2.75, 3.05) is 68.9 Å².